The zero-order valence-electron chi connectivity index (χ0n) is 15.4. The summed E-state index contributed by atoms with van der Waals surface area (Å²) in [5.74, 6) is -3.33. The molecule has 9 nitrogen and oxygen atoms in total. The zero-order valence-corrected chi connectivity index (χ0v) is 17.0. The molecule has 0 N–H and O–H groups in total. The highest BCUT2D eigenvalue weighted by Gasteiger charge is 2.50. The number of nitrogens with zero attached hydrogens (tertiary/aromatic N) is 4. The van der Waals surface area contributed by atoms with E-state index in [1.807, 2.05) is 0 Å². The van der Waals surface area contributed by atoms with E-state index in [2.05, 4.69) is 15.5 Å². The van der Waals surface area contributed by atoms with Crippen LogP contribution in [0.5, 0.6) is 0 Å². The highest BCUT2D eigenvalue weighted by molar-refractivity contribution is 7.90. The van der Waals surface area contributed by atoms with Crippen LogP contribution in [0.1, 0.15) is 35.2 Å². The lowest BCUT2D eigenvalue weighted by atomic mass is 9.75. The molecule has 0 amide bonds. The summed E-state index contributed by atoms with van der Waals surface area (Å²) < 4.78 is 25.7. The minimum absolute atomic E-state index is 0.0462. The van der Waals surface area contributed by atoms with E-state index in [0.29, 0.717) is 19.3 Å². The van der Waals surface area contributed by atoms with E-state index in [4.69, 9.17) is 11.6 Å². The normalized spacial score (nSPS) is 24.1. The summed E-state index contributed by atoms with van der Waals surface area (Å²) in [5, 5.41) is 10.6. The smallest absolute Gasteiger partial charge is 0.182 e. The molecule has 4 rings (SSSR count). The van der Waals surface area contributed by atoms with Gasteiger partial charge in [0.15, 0.2) is 27.2 Å². The molecule has 1 heterocycles. The summed E-state index contributed by atoms with van der Waals surface area (Å²) in [6.07, 6.45) is 4.04. The van der Waals surface area contributed by atoms with Gasteiger partial charge < -0.3 is 0 Å². The van der Waals surface area contributed by atoms with Gasteiger partial charge in [-0.05, 0) is 41.8 Å². The number of ketones is 3. The quantitative estimate of drug-likeness (QED) is 0.504. The van der Waals surface area contributed by atoms with E-state index < -0.39 is 21.5 Å². The number of carbonyl (C=O) groups excluding carboxylic acids is 3. The fraction of sp³-hybridized carbons (Fsp3) is 0.444. The van der Waals surface area contributed by atoms with E-state index >= 15 is 0 Å². The minimum Gasteiger partial charge on any atom is -0.298 e. The number of rotatable bonds is 5. The molecule has 11 heteroatoms. The standard InChI is InChI=1S/C18H17ClN4O5S/c1-29(27,28)13-5-4-11(15(19)12(13)7-23-8-20-21-22-23)18(26)14-16(24)9-2-3-10(6-9)17(14)25/h4-5,8-10,14H,2-3,6-7H2,1H3. The number of hydrogen-bond donors (Lipinski definition) is 0. The van der Waals surface area contributed by atoms with E-state index in [-0.39, 0.29) is 51.0 Å². The molecule has 2 aliphatic rings. The van der Waals surface area contributed by atoms with Crippen molar-refractivity contribution in [2.24, 2.45) is 17.8 Å². The largest absolute Gasteiger partial charge is 0.298 e. The number of fused-ring (bicyclic) bond motifs is 2. The van der Waals surface area contributed by atoms with Crippen LogP contribution in [-0.4, -0.2) is 52.2 Å². The Labute approximate surface area is 171 Å². The van der Waals surface area contributed by atoms with E-state index in [0.717, 1.165) is 6.26 Å². The van der Waals surface area contributed by atoms with Crippen molar-refractivity contribution >= 4 is 38.8 Å². The fourth-order valence-electron chi connectivity index (χ4n) is 4.23. The molecular weight excluding hydrogens is 420 g/mol. The number of Topliss-reactive ketones (excluding diaryl/α,β-unsaturated/α-hetero) is 3. The van der Waals surface area contributed by atoms with Crippen LogP contribution in [0, 0.1) is 17.8 Å². The second kappa shape index (κ2) is 7.10. The fourth-order valence-corrected chi connectivity index (χ4v) is 5.53. The molecule has 2 aliphatic carbocycles. The van der Waals surface area contributed by atoms with Crippen molar-refractivity contribution in [3.8, 4) is 0 Å². The summed E-state index contributed by atoms with van der Waals surface area (Å²) in [4.78, 5) is 38.4. The SMILES string of the molecule is CS(=O)(=O)c1ccc(C(=O)C2C(=O)C3CCC(C3)C2=O)c(Cl)c1Cn1cnnn1. The molecule has 2 aromatic rings. The predicted molar refractivity (Wildman–Crippen MR) is 100 cm³/mol. The van der Waals surface area contributed by atoms with E-state index in [9.17, 15) is 22.8 Å². The van der Waals surface area contributed by atoms with Crippen LogP contribution < -0.4 is 0 Å². The first-order valence-corrected chi connectivity index (χ1v) is 11.3. The molecule has 0 spiro atoms. The number of benzene rings is 1. The number of sulfone groups is 1. The Morgan fingerprint density at radius 3 is 2.41 bits per heavy atom. The summed E-state index contributed by atoms with van der Waals surface area (Å²) >= 11 is 6.45. The molecule has 2 unspecified atom stereocenters. The number of hydrogen-bond acceptors (Lipinski definition) is 8. The van der Waals surface area contributed by atoms with Crippen molar-refractivity contribution in [1.29, 1.82) is 0 Å². The third-order valence-corrected chi connectivity index (χ3v) is 7.26. The number of aromatic nitrogens is 4. The summed E-state index contributed by atoms with van der Waals surface area (Å²) in [7, 11) is -3.67. The molecule has 2 saturated carbocycles. The minimum atomic E-state index is -3.67. The molecule has 0 radical (unpaired) electrons. The maximum absolute atomic E-state index is 13.2. The second-order valence-electron chi connectivity index (χ2n) is 7.49. The molecular formula is C18H17ClN4O5S. The van der Waals surface area contributed by atoms with Crippen LogP contribution in [0.15, 0.2) is 23.4 Å². The molecule has 1 aromatic carbocycles. The molecule has 2 atom stereocenters. The number of carbonyl (C=O) groups is 3. The Hall–Kier alpha value is -2.46. The number of halogens is 1. The van der Waals surface area contributed by atoms with Gasteiger partial charge in [0.1, 0.15) is 12.2 Å². The monoisotopic (exact) mass is 436 g/mol. The Balaban J connectivity index is 1.79. The first-order valence-electron chi connectivity index (χ1n) is 9.02. The molecule has 0 saturated heterocycles. The van der Waals surface area contributed by atoms with Gasteiger partial charge in [0, 0.05) is 29.2 Å². The predicted octanol–water partition coefficient (Wildman–Crippen LogP) is 1.15. The van der Waals surface area contributed by atoms with Gasteiger partial charge in [-0.2, -0.15) is 0 Å². The van der Waals surface area contributed by atoms with Crippen LogP contribution in [0.4, 0.5) is 0 Å². The van der Waals surface area contributed by atoms with Gasteiger partial charge in [-0.1, -0.05) is 11.6 Å². The second-order valence-corrected chi connectivity index (χ2v) is 9.85. The van der Waals surface area contributed by atoms with Crippen molar-refractivity contribution in [1.82, 2.24) is 20.2 Å². The van der Waals surface area contributed by atoms with Crippen molar-refractivity contribution in [3.63, 3.8) is 0 Å². The Bertz CT molecular complexity index is 1110. The van der Waals surface area contributed by atoms with Crippen LogP contribution in [0.2, 0.25) is 5.02 Å². The topological polar surface area (TPSA) is 129 Å². The van der Waals surface area contributed by atoms with Crippen LogP contribution >= 0.6 is 11.6 Å². The maximum Gasteiger partial charge on any atom is 0.182 e. The lowest BCUT2D eigenvalue weighted by Crippen LogP contribution is -2.41. The van der Waals surface area contributed by atoms with Crippen LogP contribution in [0.3, 0.4) is 0 Å². The zero-order chi connectivity index (χ0) is 20.9. The third kappa shape index (κ3) is 3.40. The van der Waals surface area contributed by atoms with Crippen molar-refractivity contribution in [2.45, 2.75) is 30.7 Å². The molecule has 152 valence electrons. The van der Waals surface area contributed by atoms with Gasteiger partial charge in [-0.15, -0.1) is 5.10 Å². The third-order valence-electron chi connectivity index (χ3n) is 5.65. The molecule has 29 heavy (non-hydrogen) atoms. The molecule has 0 aliphatic heterocycles. The molecule has 1 aromatic heterocycles. The average molecular weight is 437 g/mol. The Morgan fingerprint density at radius 2 is 1.86 bits per heavy atom. The van der Waals surface area contributed by atoms with Gasteiger partial charge in [-0.3, -0.25) is 14.4 Å². The summed E-state index contributed by atoms with van der Waals surface area (Å²) in [6, 6.07) is 2.53. The average Bonchev–Trinajstić information content (AvgIpc) is 3.31. The Kier molecular flexibility index (Phi) is 4.86. The first kappa shape index (κ1) is 19.8. The van der Waals surface area contributed by atoms with Gasteiger partial charge in [0.05, 0.1) is 16.5 Å². The van der Waals surface area contributed by atoms with Gasteiger partial charge in [0.2, 0.25) is 0 Å². The van der Waals surface area contributed by atoms with Crippen LogP contribution in [-0.2, 0) is 26.0 Å². The Morgan fingerprint density at radius 1 is 1.21 bits per heavy atom. The highest BCUT2D eigenvalue weighted by atomic mass is 35.5. The molecule has 2 bridgehead atoms. The van der Waals surface area contributed by atoms with E-state index in [1.165, 1.54) is 23.1 Å². The highest BCUT2D eigenvalue weighted by Crippen LogP contribution is 2.42. The van der Waals surface area contributed by atoms with Gasteiger partial charge in [-0.25, -0.2) is 13.1 Å². The van der Waals surface area contributed by atoms with Crippen molar-refractivity contribution in [3.05, 3.63) is 34.6 Å². The van der Waals surface area contributed by atoms with Crippen LogP contribution in [0.25, 0.3) is 0 Å². The lowest BCUT2D eigenvalue weighted by molar-refractivity contribution is -0.137. The summed E-state index contributed by atoms with van der Waals surface area (Å²) in [6.45, 7) is -0.0901. The number of tetrazole rings is 1. The van der Waals surface area contributed by atoms with Gasteiger partial charge in [0.25, 0.3) is 0 Å². The van der Waals surface area contributed by atoms with Crippen molar-refractivity contribution in [2.75, 3.05) is 6.26 Å². The maximum atomic E-state index is 13.2. The molecule has 2 fully saturated rings. The van der Waals surface area contributed by atoms with E-state index in [1.54, 1.807) is 0 Å². The lowest BCUT2D eigenvalue weighted by Gasteiger charge is -2.25. The van der Waals surface area contributed by atoms with Gasteiger partial charge >= 0.3 is 0 Å². The summed E-state index contributed by atoms with van der Waals surface area (Å²) in [5.41, 5.74) is 0.0844. The van der Waals surface area contributed by atoms with Crippen molar-refractivity contribution < 1.29 is 22.8 Å². The first-order chi connectivity index (χ1) is 13.7.